The summed E-state index contributed by atoms with van der Waals surface area (Å²) in [5.74, 6) is -0.469. The number of hydrogen-bond donors (Lipinski definition) is 4. The number of ether oxygens (including phenoxy) is 5. The van der Waals surface area contributed by atoms with Crippen molar-refractivity contribution in [1.82, 2.24) is 0 Å². The van der Waals surface area contributed by atoms with Gasteiger partial charge in [-0.15, -0.1) is 0 Å². The Bertz CT molecular complexity index is 985. The fourth-order valence-corrected chi connectivity index (χ4v) is 8.22. The van der Waals surface area contributed by atoms with Crippen LogP contribution in [0.4, 0.5) is 0 Å². The van der Waals surface area contributed by atoms with Crippen molar-refractivity contribution in [2.24, 2.45) is 34.8 Å². The summed E-state index contributed by atoms with van der Waals surface area (Å²) in [6, 6.07) is 0. The molecule has 0 aromatic carbocycles. The first-order valence-electron chi connectivity index (χ1n) is 15.8. The second-order valence-electron chi connectivity index (χ2n) is 13.6. The first-order valence-corrected chi connectivity index (χ1v) is 15.8. The second-order valence-corrected chi connectivity index (χ2v) is 13.6. The molecular formula is C32H53NO8. The number of rotatable bonds is 11. The zero-order valence-electron chi connectivity index (χ0n) is 25.6. The summed E-state index contributed by atoms with van der Waals surface area (Å²) in [6.45, 7) is 10.6. The molecule has 0 radical (unpaired) electrons. The van der Waals surface area contributed by atoms with Gasteiger partial charge in [0, 0.05) is 31.0 Å². The molecule has 1 saturated carbocycles. The van der Waals surface area contributed by atoms with Gasteiger partial charge in [-0.1, -0.05) is 39.3 Å². The van der Waals surface area contributed by atoms with Crippen LogP contribution >= 0.6 is 0 Å². The van der Waals surface area contributed by atoms with Crippen molar-refractivity contribution in [1.29, 1.82) is 0 Å². The van der Waals surface area contributed by atoms with Crippen molar-refractivity contribution in [2.45, 2.75) is 115 Å². The van der Waals surface area contributed by atoms with Gasteiger partial charge in [0.1, 0.15) is 12.2 Å². The van der Waals surface area contributed by atoms with Gasteiger partial charge in [0.05, 0.1) is 36.9 Å². The lowest BCUT2D eigenvalue weighted by molar-refractivity contribution is -0.228. The highest BCUT2D eigenvalue weighted by Crippen LogP contribution is 2.57. The molecular weight excluding hydrogens is 526 g/mol. The van der Waals surface area contributed by atoms with Crippen LogP contribution in [0.5, 0.6) is 0 Å². The molecule has 41 heavy (non-hydrogen) atoms. The minimum absolute atomic E-state index is 0.116. The van der Waals surface area contributed by atoms with Crippen molar-refractivity contribution >= 4 is 0 Å². The summed E-state index contributed by atoms with van der Waals surface area (Å²) in [4.78, 5) is 0. The minimum atomic E-state index is -1.15. The smallest absolute Gasteiger partial charge is 0.185 e. The Labute approximate surface area is 245 Å². The molecule has 9 heteroatoms. The fraction of sp³-hybridized carbons (Fsp3) is 0.875. The van der Waals surface area contributed by atoms with Crippen LogP contribution in [-0.4, -0.2) is 91.4 Å². The van der Waals surface area contributed by atoms with Gasteiger partial charge in [-0.3, -0.25) is 0 Å². The summed E-state index contributed by atoms with van der Waals surface area (Å²) in [5.41, 5.74) is 7.38. The van der Waals surface area contributed by atoms with Gasteiger partial charge < -0.3 is 44.7 Å². The summed E-state index contributed by atoms with van der Waals surface area (Å²) >= 11 is 0. The number of allylic oxidation sites excluding steroid dienone is 2. The molecule has 0 amide bonds. The van der Waals surface area contributed by atoms with Crippen LogP contribution in [0, 0.1) is 29.1 Å². The van der Waals surface area contributed by atoms with Gasteiger partial charge in [0.15, 0.2) is 12.6 Å². The highest BCUT2D eigenvalue weighted by atomic mass is 16.7. The maximum atomic E-state index is 12.1. The monoisotopic (exact) mass is 579 g/mol. The first-order chi connectivity index (χ1) is 19.6. The van der Waals surface area contributed by atoms with E-state index in [0.29, 0.717) is 32.8 Å². The van der Waals surface area contributed by atoms with E-state index in [0.717, 1.165) is 49.7 Å². The molecule has 0 aromatic rings. The second kappa shape index (κ2) is 12.6. The van der Waals surface area contributed by atoms with Gasteiger partial charge in [-0.2, -0.15) is 0 Å². The average Bonchev–Trinajstić information content (AvgIpc) is 3.66. The van der Waals surface area contributed by atoms with E-state index in [4.69, 9.17) is 29.4 Å². The standard InChI is InChI=1S/C32H53NO8/c1-18(2)21-10-11-31(4)15-22-20(16-37-5)9-12-32(22,36)19(3)26(34)28(25(21)31)41-30-27(35)24-23(40-30)17-39-29(24)38-14-8-6-7-13-33/h15,18-20,23-24,26-30,34-36H,6-14,16-17,33H2,1-5H3/b22-15-/t19-,20+,23+,24?,26+,27?,28+,29+,30+,31+,32+/m0/s1. The van der Waals surface area contributed by atoms with Gasteiger partial charge in [0.25, 0.3) is 0 Å². The maximum Gasteiger partial charge on any atom is 0.185 e. The molecule has 234 valence electrons. The summed E-state index contributed by atoms with van der Waals surface area (Å²) in [5, 5.41) is 35.6. The van der Waals surface area contributed by atoms with Gasteiger partial charge in [0.2, 0.25) is 0 Å². The summed E-state index contributed by atoms with van der Waals surface area (Å²) < 4.78 is 30.3. The molecule has 5 rings (SSSR count). The molecule has 2 heterocycles. The zero-order chi connectivity index (χ0) is 29.5. The Balaban J connectivity index is 1.42. The third kappa shape index (κ3) is 5.71. The summed E-state index contributed by atoms with van der Waals surface area (Å²) in [7, 11) is 1.70. The van der Waals surface area contributed by atoms with E-state index < -0.39 is 47.8 Å². The third-order valence-corrected chi connectivity index (χ3v) is 10.6. The largest absolute Gasteiger partial charge is 0.390 e. The third-order valence-electron chi connectivity index (χ3n) is 10.6. The lowest BCUT2D eigenvalue weighted by Gasteiger charge is -2.46. The zero-order valence-corrected chi connectivity index (χ0v) is 25.6. The lowest BCUT2D eigenvalue weighted by Crippen LogP contribution is -2.53. The van der Waals surface area contributed by atoms with E-state index in [-0.39, 0.29) is 23.9 Å². The number of nitrogens with two attached hydrogens (primary N) is 1. The molecule has 0 spiro atoms. The number of methoxy groups -OCH3 is 1. The molecule has 0 bridgehead atoms. The molecule has 2 aliphatic heterocycles. The number of hydrogen-bond acceptors (Lipinski definition) is 9. The number of aliphatic hydroxyl groups excluding tert-OH is 2. The van der Waals surface area contributed by atoms with E-state index in [2.05, 4.69) is 26.8 Å². The Kier molecular flexibility index (Phi) is 9.71. The van der Waals surface area contributed by atoms with Gasteiger partial charge in [-0.05, 0) is 68.6 Å². The predicted octanol–water partition coefficient (Wildman–Crippen LogP) is 3.05. The SMILES string of the molecule is COC[C@H]1CC[C@]2(O)/C1=C\[C@@]1(C)CCC(C(C)C)=C1[C@@H](O[C@H]1O[C@@H]3CO[C@@H](OCCCCCN)C3C1O)[C@H](O)[C@@H]2C. The van der Waals surface area contributed by atoms with E-state index >= 15 is 0 Å². The number of unbranched alkanes of at least 4 members (excludes halogenated alkanes) is 2. The van der Waals surface area contributed by atoms with Crippen LogP contribution in [-0.2, 0) is 23.7 Å². The molecule has 2 unspecified atom stereocenters. The van der Waals surface area contributed by atoms with E-state index in [1.54, 1.807) is 7.11 Å². The molecule has 5 aliphatic rings. The Morgan fingerprint density at radius 1 is 1.12 bits per heavy atom. The molecule has 3 aliphatic carbocycles. The molecule has 5 N–H and O–H groups in total. The van der Waals surface area contributed by atoms with E-state index in [9.17, 15) is 15.3 Å². The number of aliphatic hydroxyl groups is 3. The van der Waals surface area contributed by atoms with Crippen LogP contribution in [0.2, 0.25) is 0 Å². The maximum absolute atomic E-state index is 12.1. The quantitative estimate of drug-likeness (QED) is 0.215. The Morgan fingerprint density at radius 3 is 2.61 bits per heavy atom. The van der Waals surface area contributed by atoms with Crippen molar-refractivity contribution < 1.29 is 39.0 Å². The van der Waals surface area contributed by atoms with Crippen molar-refractivity contribution in [2.75, 3.05) is 33.5 Å². The lowest BCUT2D eigenvalue weighted by atomic mass is 9.67. The highest BCUT2D eigenvalue weighted by Gasteiger charge is 2.58. The van der Waals surface area contributed by atoms with Crippen LogP contribution in [0.25, 0.3) is 0 Å². The van der Waals surface area contributed by atoms with Crippen molar-refractivity contribution in [3.63, 3.8) is 0 Å². The highest BCUT2D eigenvalue weighted by molar-refractivity contribution is 5.43. The predicted molar refractivity (Wildman–Crippen MR) is 154 cm³/mol. The minimum Gasteiger partial charge on any atom is -0.390 e. The van der Waals surface area contributed by atoms with Crippen molar-refractivity contribution in [3.8, 4) is 0 Å². The van der Waals surface area contributed by atoms with Crippen LogP contribution in [0.3, 0.4) is 0 Å². The van der Waals surface area contributed by atoms with Gasteiger partial charge in [-0.25, -0.2) is 0 Å². The van der Waals surface area contributed by atoms with Crippen LogP contribution < -0.4 is 5.73 Å². The molecule has 11 atom stereocenters. The molecule has 2 saturated heterocycles. The topological polar surface area (TPSA) is 133 Å². The van der Waals surface area contributed by atoms with Crippen molar-refractivity contribution in [3.05, 3.63) is 22.8 Å². The number of fused-ring (bicyclic) bond motifs is 3. The molecule has 9 nitrogen and oxygen atoms in total. The Hall–Kier alpha value is -0.880. The normalized spacial score (nSPS) is 45.4. The molecule has 0 aromatic heterocycles. The molecule has 3 fully saturated rings. The average molecular weight is 580 g/mol. The van der Waals surface area contributed by atoms with Crippen LogP contribution in [0.15, 0.2) is 22.8 Å². The fourth-order valence-electron chi connectivity index (χ4n) is 8.22. The van der Waals surface area contributed by atoms with Gasteiger partial charge >= 0.3 is 0 Å². The Morgan fingerprint density at radius 2 is 1.90 bits per heavy atom. The van der Waals surface area contributed by atoms with E-state index in [1.165, 1.54) is 5.57 Å². The summed E-state index contributed by atoms with van der Waals surface area (Å²) in [6.07, 6.45) is 3.72. The van der Waals surface area contributed by atoms with E-state index in [1.807, 2.05) is 6.92 Å². The van der Waals surface area contributed by atoms with Crippen LogP contribution in [0.1, 0.15) is 72.6 Å². The first kappa shape index (κ1) is 31.5.